The van der Waals surface area contributed by atoms with Crippen molar-refractivity contribution in [2.45, 2.75) is 69.1 Å². The summed E-state index contributed by atoms with van der Waals surface area (Å²) >= 11 is 5.21. The third-order valence-electron chi connectivity index (χ3n) is 6.43. The highest BCUT2D eigenvalue weighted by atomic mass is 79.9. The van der Waals surface area contributed by atoms with Crippen molar-refractivity contribution in [3.8, 4) is 0 Å². The fourth-order valence-electron chi connectivity index (χ4n) is 4.81. The minimum atomic E-state index is -0.0391. The molecule has 0 spiro atoms. The van der Waals surface area contributed by atoms with Crippen LogP contribution in [0.5, 0.6) is 0 Å². The van der Waals surface area contributed by atoms with Gasteiger partial charge in [-0.15, -0.1) is 11.8 Å². The van der Waals surface area contributed by atoms with Crippen LogP contribution in [0.25, 0.3) is 6.08 Å². The molecular weight excluding hydrogens is 472 g/mol. The molecule has 31 heavy (non-hydrogen) atoms. The minimum Gasteiger partial charge on any atom is -0.354 e. The molecule has 1 aromatic rings. The first-order chi connectivity index (χ1) is 15.1. The van der Waals surface area contributed by atoms with Gasteiger partial charge in [0, 0.05) is 22.3 Å². The molecule has 2 amide bonds. The Morgan fingerprint density at radius 1 is 1.23 bits per heavy atom. The van der Waals surface area contributed by atoms with Crippen LogP contribution in [0.1, 0.15) is 63.4 Å². The Morgan fingerprint density at radius 3 is 2.90 bits per heavy atom. The topological polar surface area (TPSA) is 49.4 Å². The molecule has 1 aromatic carbocycles. The predicted octanol–water partition coefficient (Wildman–Crippen LogP) is 5.68. The van der Waals surface area contributed by atoms with E-state index >= 15 is 0 Å². The Labute approximate surface area is 198 Å². The molecular formula is C25H31BrN2O2S. The highest BCUT2D eigenvalue weighted by Gasteiger charge is 2.41. The Balaban J connectivity index is 1.42. The number of hydrogen-bond acceptors (Lipinski definition) is 3. The van der Waals surface area contributed by atoms with Gasteiger partial charge in [0.1, 0.15) is 6.54 Å². The van der Waals surface area contributed by atoms with Gasteiger partial charge in [0.2, 0.25) is 5.91 Å². The van der Waals surface area contributed by atoms with E-state index in [1.165, 1.54) is 31.3 Å². The zero-order valence-corrected chi connectivity index (χ0v) is 20.3. The van der Waals surface area contributed by atoms with Crippen LogP contribution in [-0.4, -0.2) is 41.1 Å². The molecule has 4 rings (SSSR count). The van der Waals surface area contributed by atoms with Gasteiger partial charge >= 0.3 is 0 Å². The smallest absolute Gasteiger partial charge is 0.261 e. The van der Waals surface area contributed by atoms with Gasteiger partial charge in [-0.2, -0.15) is 0 Å². The number of hydrogen-bond donors (Lipinski definition) is 1. The molecule has 1 aliphatic heterocycles. The van der Waals surface area contributed by atoms with E-state index in [1.807, 2.05) is 35.2 Å². The molecule has 0 aromatic heterocycles. The molecule has 0 bridgehead atoms. The second kappa shape index (κ2) is 10.9. The van der Waals surface area contributed by atoms with Crippen molar-refractivity contribution in [1.82, 2.24) is 10.2 Å². The van der Waals surface area contributed by atoms with Crippen LogP contribution in [-0.2, 0) is 9.59 Å². The van der Waals surface area contributed by atoms with Crippen LogP contribution >= 0.6 is 27.7 Å². The van der Waals surface area contributed by atoms with Gasteiger partial charge in [-0.05, 0) is 68.7 Å². The van der Waals surface area contributed by atoms with E-state index in [0.717, 1.165) is 47.0 Å². The summed E-state index contributed by atoms with van der Waals surface area (Å²) < 4.78 is 0.995. The third-order valence-corrected chi connectivity index (χ3v) is 8.32. The molecule has 1 saturated heterocycles. The van der Waals surface area contributed by atoms with Crippen LogP contribution in [0.3, 0.4) is 0 Å². The quantitative estimate of drug-likeness (QED) is 0.401. The monoisotopic (exact) mass is 502 g/mol. The number of benzene rings is 1. The maximum absolute atomic E-state index is 13.4. The van der Waals surface area contributed by atoms with Crippen molar-refractivity contribution in [3.05, 3.63) is 50.9 Å². The second-order valence-electron chi connectivity index (χ2n) is 8.71. The van der Waals surface area contributed by atoms with Crippen LogP contribution in [0.15, 0.2) is 45.3 Å². The summed E-state index contributed by atoms with van der Waals surface area (Å²) in [4.78, 5) is 28.7. The predicted molar refractivity (Wildman–Crippen MR) is 132 cm³/mol. The molecule has 1 N–H and O–H groups in total. The fourth-order valence-corrected chi connectivity index (χ4v) is 6.70. The number of fused-ring (bicyclic) bond motifs is 1. The van der Waals surface area contributed by atoms with E-state index in [2.05, 4.69) is 27.3 Å². The number of amides is 2. The molecule has 2 fully saturated rings. The van der Waals surface area contributed by atoms with E-state index in [9.17, 15) is 9.59 Å². The number of nitrogens with one attached hydrogen (secondary N) is 1. The van der Waals surface area contributed by atoms with Crippen molar-refractivity contribution in [2.24, 2.45) is 0 Å². The summed E-state index contributed by atoms with van der Waals surface area (Å²) in [5.41, 5.74) is 2.47. The van der Waals surface area contributed by atoms with Gasteiger partial charge in [-0.1, -0.05) is 52.6 Å². The first-order valence-corrected chi connectivity index (χ1v) is 13.2. The number of rotatable bonds is 6. The minimum absolute atomic E-state index is 0.00161. The van der Waals surface area contributed by atoms with E-state index in [4.69, 9.17) is 0 Å². The van der Waals surface area contributed by atoms with Crippen molar-refractivity contribution >= 4 is 45.6 Å². The van der Waals surface area contributed by atoms with Crippen LogP contribution in [0.4, 0.5) is 0 Å². The van der Waals surface area contributed by atoms with Crippen LogP contribution < -0.4 is 5.32 Å². The molecule has 3 aliphatic rings. The maximum atomic E-state index is 13.4. The van der Waals surface area contributed by atoms with Crippen LogP contribution in [0, 0.1) is 0 Å². The van der Waals surface area contributed by atoms with E-state index < -0.39 is 0 Å². The molecule has 0 radical (unpaired) electrons. The van der Waals surface area contributed by atoms with Crippen molar-refractivity contribution in [1.29, 1.82) is 0 Å². The summed E-state index contributed by atoms with van der Waals surface area (Å²) in [6, 6.07) is 8.15. The molecule has 4 nitrogen and oxygen atoms in total. The van der Waals surface area contributed by atoms with E-state index in [-0.39, 0.29) is 24.4 Å². The zero-order valence-electron chi connectivity index (χ0n) is 17.9. The largest absolute Gasteiger partial charge is 0.354 e. The lowest BCUT2D eigenvalue weighted by Crippen LogP contribution is -2.54. The van der Waals surface area contributed by atoms with Gasteiger partial charge in [0.25, 0.3) is 5.91 Å². The van der Waals surface area contributed by atoms with Crippen molar-refractivity contribution < 1.29 is 9.59 Å². The van der Waals surface area contributed by atoms with Crippen LogP contribution in [0.2, 0.25) is 0 Å². The Kier molecular flexibility index (Phi) is 7.94. The van der Waals surface area contributed by atoms with Crippen molar-refractivity contribution in [2.75, 3.05) is 13.1 Å². The van der Waals surface area contributed by atoms with Crippen molar-refractivity contribution in [3.63, 3.8) is 0 Å². The molecule has 6 heteroatoms. The number of nitrogens with zero attached hydrogens (tertiary/aromatic N) is 1. The number of carbonyl (C=O) groups is 2. The van der Waals surface area contributed by atoms with Gasteiger partial charge in [0.05, 0.1) is 4.91 Å². The molecule has 2 aliphatic carbocycles. The molecule has 1 saturated carbocycles. The first kappa shape index (κ1) is 22.7. The van der Waals surface area contributed by atoms with Gasteiger partial charge in [-0.3, -0.25) is 9.59 Å². The molecule has 1 heterocycles. The summed E-state index contributed by atoms with van der Waals surface area (Å²) in [5.74, 6) is -0.0407. The zero-order chi connectivity index (χ0) is 21.6. The van der Waals surface area contributed by atoms with E-state index in [1.54, 1.807) is 11.8 Å². The normalized spacial score (nSPS) is 25.2. The summed E-state index contributed by atoms with van der Waals surface area (Å²) in [7, 11) is 0. The Morgan fingerprint density at radius 2 is 2.10 bits per heavy atom. The van der Waals surface area contributed by atoms with Gasteiger partial charge in [-0.25, -0.2) is 0 Å². The average Bonchev–Trinajstić information content (AvgIpc) is 2.77. The third kappa shape index (κ3) is 6.04. The van der Waals surface area contributed by atoms with Gasteiger partial charge < -0.3 is 10.2 Å². The van der Waals surface area contributed by atoms with Gasteiger partial charge in [0.15, 0.2) is 0 Å². The number of halogens is 1. The molecule has 166 valence electrons. The summed E-state index contributed by atoms with van der Waals surface area (Å²) in [6.07, 6.45) is 14.5. The maximum Gasteiger partial charge on any atom is 0.261 e. The fraction of sp³-hybridized carbons (Fsp3) is 0.520. The molecule has 2 unspecified atom stereocenters. The SMILES string of the molecule is O=C(CN1C(=O)/C(=C\c2cccc(Br)c2)SC2CCCCC21)NCCC1=CCCCC1. The second-order valence-corrected chi connectivity index (χ2v) is 10.9. The highest BCUT2D eigenvalue weighted by molar-refractivity contribution is 9.10. The number of thioether (sulfide) groups is 1. The lowest BCUT2D eigenvalue weighted by atomic mass is 9.93. The Bertz CT molecular complexity index is 882. The standard InChI is InChI=1S/C25H31BrN2O2S/c26-20-10-6-9-19(15-20)16-23-25(30)28(21-11-4-5-12-22(21)31-23)17-24(29)27-14-13-18-7-2-1-3-8-18/h6-7,9-10,15-16,21-22H,1-5,8,11-14,17H2,(H,27,29)/b23-16+. The summed E-state index contributed by atoms with van der Waals surface area (Å²) in [5, 5.41) is 3.44. The number of allylic oxidation sites excluding steroid dienone is 1. The first-order valence-electron chi connectivity index (χ1n) is 11.5. The molecule has 2 atom stereocenters. The summed E-state index contributed by atoms with van der Waals surface area (Å²) in [6.45, 7) is 0.825. The lowest BCUT2D eigenvalue weighted by molar-refractivity contribution is -0.135. The lowest BCUT2D eigenvalue weighted by Gasteiger charge is -2.43. The highest BCUT2D eigenvalue weighted by Crippen LogP contribution is 2.42. The average molecular weight is 504 g/mol. The number of carbonyl (C=O) groups excluding carboxylic acids is 2. The Hall–Kier alpha value is -1.53. The van der Waals surface area contributed by atoms with E-state index in [0.29, 0.717) is 11.8 Å².